The van der Waals surface area contributed by atoms with Gasteiger partial charge in [-0.05, 0) is 99.7 Å². The van der Waals surface area contributed by atoms with Gasteiger partial charge in [-0.3, -0.25) is 4.99 Å². The number of rotatable bonds is 7. The predicted molar refractivity (Wildman–Crippen MR) is 165 cm³/mol. The molecule has 7 atom stereocenters. The van der Waals surface area contributed by atoms with E-state index in [2.05, 4.69) is 38.1 Å². The molecule has 0 radical (unpaired) electrons. The number of aliphatic imine (C=N–C) groups is 1. The van der Waals surface area contributed by atoms with Gasteiger partial charge in [0.1, 0.15) is 6.54 Å². The molecule has 4 rings (SSSR count). The number of fused-ring (bicyclic) bond motifs is 5. The van der Waals surface area contributed by atoms with Gasteiger partial charge in [0.05, 0.1) is 13.2 Å². The molecule has 0 aromatic rings. The molecule has 0 aromatic heterocycles. The largest absolute Gasteiger partial charge is 0.406 e. The van der Waals surface area contributed by atoms with Crippen molar-refractivity contribution in [2.24, 2.45) is 45.4 Å². The minimum atomic E-state index is -4.16. The smallest absolute Gasteiger partial charge is 0.400 e. The van der Waals surface area contributed by atoms with E-state index in [1.54, 1.807) is 0 Å². The first-order valence-corrected chi connectivity index (χ1v) is 16.1. The minimum Gasteiger partial charge on any atom is -0.400 e. The Morgan fingerprint density at radius 2 is 1.61 bits per heavy atom. The quantitative estimate of drug-likeness (QED) is 0.114. The normalized spacial score (nSPS) is 33.9. The maximum Gasteiger partial charge on any atom is 0.406 e. The van der Waals surface area contributed by atoms with Crippen LogP contribution >= 0.6 is 0 Å². The lowest BCUT2D eigenvalue weighted by Gasteiger charge is -2.60. The number of nitrogens with zero attached hydrogens (tertiary/aromatic N) is 1. The number of halogens is 3. The summed E-state index contributed by atoms with van der Waals surface area (Å²) in [5.41, 5.74) is 2.56. The van der Waals surface area contributed by atoms with Crippen molar-refractivity contribution >= 4 is 5.71 Å². The highest BCUT2D eigenvalue weighted by molar-refractivity contribution is 5.85. The second-order valence-corrected chi connectivity index (χ2v) is 12.4. The van der Waals surface area contributed by atoms with Crippen molar-refractivity contribution in [3.05, 3.63) is 0 Å². The van der Waals surface area contributed by atoms with E-state index in [0.29, 0.717) is 23.3 Å². The molecule has 41 heavy (non-hydrogen) atoms. The first kappa shape index (κ1) is 37.7. The molecular formula is C33H60F3N3O2. The topological polar surface area (TPSA) is 76.9 Å². The lowest BCUT2D eigenvalue weighted by molar-refractivity contribution is -0.122. The number of aliphatic hydroxyl groups is 2. The number of hydrogen-bond donors (Lipinski definition) is 4. The van der Waals surface area contributed by atoms with Crippen LogP contribution < -0.4 is 10.6 Å². The molecule has 0 aromatic carbocycles. The van der Waals surface area contributed by atoms with Crippen LogP contribution in [0.15, 0.2) is 4.99 Å². The van der Waals surface area contributed by atoms with E-state index in [1.165, 1.54) is 76.8 Å². The van der Waals surface area contributed by atoms with Crippen molar-refractivity contribution in [1.82, 2.24) is 10.6 Å². The minimum absolute atomic E-state index is 0.216. The number of hydrogen-bond acceptors (Lipinski definition) is 5. The monoisotopic (exact) mass is 587 g/mol. The molecule has 0 aliphatic heterocycles. The highest BCUT2D eigenvalue weighted by Gasteiger charge is 2.59. The van der Waals surface area contributed by atoms with Crippen LogP contribution in [0.1, 0.15) is 106 Å². The van der Waals surface area contributed by atoms with E-state index >= 15 is 0 Å². The third-order valence-electron chi connectivity index (χ3n) is 10.5. The number of aliphatic hydroxyl groups excluding tert-OH is 2. The standard InChI is InChI=1S/C25H44N2O.C5H6F3N.C2H6.CH4O/c1-18(27-15-14-26-16-17-28)21-9-10-22-20-8-7-19-6-4-5-12-24(19,2)23(20)11-13-25(21,22)3;1-2-3-9-4-5(6,7)8;2*1-2/h19-23,26,28H,4-17H2,1-3H3;9H,4H2,1H3;1-2H3;2H,1H3. The Morgan fingerprint density at radius 1 is 0.927 bits per heavy atom. The summed E-state index contributed by atoms with van der Waals surface area (Å²) < 4.78 is 33.7. The lowest BCUT2D eigenvalue weighted by Crippen LogP contribution is -2.53. The van der Waals surface area contributed by atoms with Crippen LogP contribution in [0.2, 0.25) is 0 Å². The zero-order chi connectivity index (χ0) is 31.1. The van der Waals surface area contributed by atoms with Gasteiger partial charge in [-0.25, -0.2) is 0 Å². The van der Waals surface area contributed by atoms with Crippen molar-refractivity contribution in [3.8, 4) is 12.0 Å². The third kappa shape index (κ3) is 10.1. The molecule has 0 bridgehead atoms. The number of alkyl halides is 3. The zero-order valence-electron chi connectivity index (χ0n) is 27.0. The van der Waals surface area contributed by atoms with Crippen LogP contribution in [-0.4, -0.2) is 62.0 Å². The summed E-state index contributed by atoms with van der Waals surface area (Å²) in [6.45, 7) is 14.7. The first-order valence-electron chi connectivity index (χ1n) is 16.1. The molecule has 240 valence electrons. The Morgan fingerprint density at radius 3 is 2.24 bits per heavy atom. The fourth-order valence-corrected chi connectivity index (χ4v) is 8.84. The zero-order valence-corrected chi connectivity index (χ0v) is 27.0. The van der Waals surface area contributed by atoms with Gasteiger partial charge in [0.2, 0.25) is 0 Å². The average Bonchev–Trinajstić information content (AvgIpc) is 3.32. The third-order valence-corrected chi connectivity index (χ3v) is 10.5. The van der Waals surface area contributed by atoms with Crippen LogP contribution in [0.3, 0.4) is 0 Å². The summed E-state index contributed by atoms with van der Waals surface area (Å²) in [6, 6.07) is 2.08. The van der Waals surface area contributed by atoms with Gasteiger partial charge in [0.15, 0.2) is 0 Å². The van der Waals surface area contributed by atoms with Crippen LogP contribution in [0, 0.1) is 52.4 Å². The van der Waals surface area contributed by atoms with E-state index in [1.807, 2.05) is 19.2 Å². The number of nitrogens with one attached hydrogen (secondary N) is 2. The molecular weight excluding hydrogens is 527 g/mol. The predicted octanol–water partition coefficient (Wildman–Crippen LogP) is 6.83. The van der Waals surface area contributed by atoms with E-state index < -0.39 is 12.7 Å². The van der Waals surface area contributed by atoms with Gasteiger partial charge >= 0.3 is 6.18 Å². The van der Waals surface area contributed by atoms with Gasteiger partial charge in [0, 0.05) is 37.9 Å². The second-order valence-electron chi connectivity index (χ2n) is 12.4. The summed E-state index contributed by atoms with van der Waals surface area (Å²) in [4.78, 5) is 4.97. The Kier molecular flexibility index (Phi) is 16.9. The average molecular weight is 588 g/mol. The highest BCUT2D eigenvalue weighted by atomic mass is 19.4. The Labute approximate surface area is 248 Å². The molecule has 4 fully saturated rings. The molecule has 0 amide bonds. The summed E-state index contributed by atoms with van der Waals surface area (Å²) in [5.74, 6) is 6.94. The molecule has 0 heterocycles. The summed E-state index contributed by atoms with van der Waals surface area (Å²) >= 11 is 0. The Hall–Kier alpha value is -1.30. The Bertz CT molecular complexity index is 825. The van der Waals surface area contributed by atoms with Gasteiger partial charge in [-0.1, -0.05) is 46.5 Å². The van der Waals surface area contributed by atoms with Gasteiger partial charge in [0.25, 0.3) is 0 Å². The summed E-state index contributed by atoms with van der Waals surface area (Å²) in [6.07, 6.45) is 10.6. The molecule has 4 saturated carbocycles. The highest BCUT2D eigenvalue weighted by Crippen LogP contribution is 2.67. The first-order chi connectivity index (χ1) is 19.6. The Balaban J connectivity index is 0.000000551. The molecule has 7 unspecified atom stereocenters. The second kappa shape index (κ2) is 18.4. The molecule has 4 aliphatic rings. The molecule has 0 saturated heterocycles. The van der Waals surface area contributed by atoms with E-state index in [4.69, 9.17) is 15.2 Å². The molecule has 4 N–H and O–H groups in total. The lowest BCUT2D eigenvalue weighted by atomic mass is 9.45. The van der Waals surface area contributed by atoms with Crippen molar-refractivity contribution < 1.29 is 23.4 Å². The van der Waals surface area contributed by atoms with E-state index in [9.17, 15) is 13.2 Å². The van der Waals surface area contributed by atoms with Crippen molar-refractivity contribution in [3.63, 3.8) is 0 Å². The van der Waals surface area contributed by atoms with Gasteiger partial charge in [-0.15, -0.1) is 0 Å². The molecule has 4 aliphatic carbocycles. The molecule has 0 spiro atoms. The van der Waals surface area contributed by atoms with Crippen molar-refractivity contribution in [1.29, 1.82) is 0 Å². The van der Waals surface area contributed by atoms with Crippen LogP contribution in [0.5, 0.6) is 0 Å². The van der Waals surface area contributed by atoms with Gasteiger partial charge in [-0.2, -0.15) is 13.2 Å². The van der Waals surface area contributed by atoms with E-state index in [-0.39, 0.29) is 6.61 Å². The van der Waals surface area contributed by atoms with E-state index in [0.717, 1.165) is 43.9 Å². The maximum atomic E-state index is 11.2. The van der Waals surface area contributed by atoms with Crippen LogP contribution in [0.25, 0.3) is 0 Å². The maximum absolute atomic E-state index is 11.2. The van der Waals surface area contributed by atoms with Crippen molar-refractivity contribution in [2.75, 3.05) is 39.9 Å². The van der Waals surface area contributed by atoms with Crippen molar-refractivity contribution in [2.45, 2.75) is 112 Å². The van der Waals surface area contributed by atoms with Crippen LogP contribution in [0.4, 0.5) is 13.2 Å². The van der Waals surface area contributed by atoms with Crippen LogP contribution in [-0.2, 0) is 0 Å². The SMILES string of the molecule is CC.CC#CNCC(F)(F)F.CC(=NCCNCCO)C1CCC2C3CCC4CCCCC4(C)C3CCC12C.CO. The fourth-order valence-electron chi connectivity index (χ4n) is 8.84. The molecule has 5 nitrogen and oxygen atoms in total. The molecule has 8 heteroatoms. The summed E-state index contributed by atoms with van der Waals surface area (Å²) in [7, 11) is 1.00. The summed E-state index contributed by atoms with van der Waals surface area (Å²) in [5, 5.41) is 21.0. The fraction of sp³-hybridized carbons (Fsp3) is 0.909. The van der Waals surface area contributed by atoms with Gasteiger partial charge < -0.3 is 20.8 Å².